The smallest absolute Gasteiger partial charge is 0.303 e. The number of carbonyl (C=O) groups excluding carboxylic acids is 1. The fourth-order valence-electron chi connectivity index (χ4n) is 1.98. The Balaban J connectivity index is 1.83. The fraction of sp³-hybridized carbons (Fsp3) is 0.286. The Kier molecular flexibility index (Phi) is 4.18. The Bertz CT molecular complexity index is 589. The molecule has 0 saturated carbocycles. The molecular weight excluding hydrogens is 244 g/mol. The van der Waals surface area contributed by atoms with Gasteiger partial charge in [0.1, 0.15) is 0 Å². The maximum atomic E-state index is 11.4. The summed E-state index contributed by atoms with van der Waals surface area (Å²) >= 11 is 0. The number of para-hydroxylation sites is 1. The Labute approximate surface area is 110 Å². The predicted octanol–water partition coefficient (Wildman–Crippen LogP) is 1.69. The van der Waals surface area contributed by atoms with Gasteiger partial charge in [0.15, 0.2) is 0 Å². The zero-order valence-corrected chi connectivity index (χ0v) is 10.5. The van der Waals surface area contributed by atoms with Crippen molar-refractivity contribution < 1.29 is 14.7 Å². The monoisotopic (exact) mass is 260 g/mol. The third kappa shape index (κ3) is 3.58. The average molecular weight is 260 g/mol. The second kappa shape index (κ2) is 6.04. The summed E-state index contributed by atoms with van der Waals surface area (Å²) in [6.45, 7) is 0.514. The van der Waals surface area contributed by atoms with Crippen molar-refractivity contribution >= 4 is 22.8 Å². The lowest BCUT2D eigenvalue weighted by molar-refractivity contribution is -0.138. The number of rotatable bonds is 6. The summed E-state index contributed by atoms with van der Waals surface area (Å²) in [6, 6.07) is 7.99. The van der Waals surface area contributed by atoms with Gasteiger partial charge in [-0.1, -0.05) is 18.2 Å². The van der Waals surface area contributed by atoms with E-state index in [4.69, 9.17) is 5.11 Å². The number of H-pyrrole nitrogens is 1. The van der Waals surface area contributed by atoms with Gasteiger partial charge < -0.3 is 15.4 Å². The third-order valence-electron chi connectivity index (χ3n) is 2.96. The number of amides is 1. The summed E-state index contributed by atoms with van der Waals surface area (Å²) in [7, 11) is 0. The lowest BCUT2D eigenvalue weighted by Gasteiger charge is -2.03. The van der Waals surface area contributed by atoms with E-state index in [1.165, 1.54) is 0 Å². The van der Waals surface area contributed by atoms with Crippen molar-refractivity contribution in [2.24, 2.45) is 0 Å². The highest BCUT2D eigenvalue weighted by Crippen LogP contribution is 2.17. The second-order valence-electron chi connectivity index (χ2n) is 4.35. The molecule has 1 aromatic carbocycles. The molecule has 3 N–H and O–H groups in total. The SMILES string of the molecule is O=C(O)CCC(=O)NCCc1c[nH]c2ccccc12. The van der Waals surface area contributed by atoms with Crippen LogP contribution in [0.5, 0.6) is 0 Å². The van der Waals surface area contributed by atoms with Crippen molar-refractivity contribution in [3.05, 3.63) is 36.0 Å². The van der Waals surface area contributed by atoms with Gasteiger partial charge in [-0.25, -0.2) is 0 Å². The summed E-state index contributed by atoms with van der Waals surface area (Å²) in [5.41, 5.74) is 2.23. The van der Waals surface area contributed by atoms with Gasteiger partial charge in [-0.2, -0.15) is 0 Å². The van der Waals surface area contributed by atoms with Crippen LogP contribution < -0.4 is 5.32 Å². The molecule has 5 nitrogen and oxygen atoms in total. The number of nitrogens with one attached hydrogen (secondary N) is 2. The summed E-state index contributed by atoms with van der Waals surface area (Å²) in [4.78, 5) is 24.9. The first-order valence-corrected chi connectivity index (χ1v) is 6.20. The maximum absolute atomic E-state index is 11.4. The van der Waals surface area contributed by atoms with Crippen molar-refractivity contribution in [2.75, 3.05) is 6.54 Å². The van der Waals surface area contributed by atoms with Crippen LogP contribution in [0.4, 0.5) is 0 Å². The molecule has 0 atom stereocenters. The van der Waals surface area contributed by atoms with Gasteiger partial charge in [0.25, 0.3) is 0 Å². The number of carbonyl (C=O) groups is 2. The Hall–Kier alpha value is -2.30. The minimum atomic E-state index is -0.952. The molecule has 100 valence electrons. The van der Waals surface area contributed by atoms with E-state index in [1.54, 1.807) is 0 Å². The van der Waals surface area contributed by atoms with Crippen LogP contribution in [0.3, 0.4) is 0 Å². The van der Waals surface area contributed by atoms with E-state index >= 15 is 0 Å². The number of aliphatic carboxylic acids is 1. The highest BCUT2D eigenvalue weighted by molar-refractivity contribution is 5.83. The highest BCUT2D eigenvalue weighted by Gasteiger charge is 2.06. The van der Waals surface area contributed by atoms with E-state index in [0.717, 1.165) is 22.9 Å². The minimum Gasteiger partial charge on any atom is -0.481 e. The summed E-state index contributed by atoms with van der Waals surface area (Å²) in [6.07, 6.45) is 2.57. The van der Waals surface area contributed by atoms with E-state index in [-0.39, 0.29) is 18.7 Å². The number of carboxylic acids is 1. The molecule has 0 saturated heterocycles. The molecule has 1 heterocycles. The second-order valence-corrected chi connectivity index (χ2v) is 4.35. The average Bonchev–Trinajstić information content (AvgIpc) is 2.80. The van der Waals surface area contributed by atoms with Crippen LogP contribution in [0.2, 0.25) is 0 Å². The number of fused-ring (bicyclic) bond motifs is 1. The molecule has 19 heavy (non-hydrogen) atoms. The van der Waals surface area contributed by atoms with E-state index in [1.807, 2.05) is 30.5 Å². The van der Waals surface area contributed by atoms with Crippen LogP contribution in [0, 0.1) is 0 Å². The van der Waals surface area contributed by atoms with Gasteiger partial charge >= 0.3 is 5.97 Å². The van der Waals surface area contributed by atoms with Crippen LogP contribution >= 0.6 is 0 Å². The Morgan fingerprint density at radius 1 is 1.21 bits per heavy atom. The molecule has 1 aromatic heterocycles. The number of hydrogen-bond donors (Lipinski definition) is 3. The molecule has 0 bridgehead atoms. The van der Waals surface area contributed by atoms with Crippen LogP contribution in [0.1, 0.15) is 18.4 Å². The number of benzene rings is 1. The topological polar surface area (TPSA) is 82.2 Å². The summed E-state index contributed by atoms with van der Waals surface area (Å²) < 4.78 is 0. The quantitative estimate of drug-likeness (QED) is 0.739. The molecule has 2 rings (SSSR count). The van der Waals surface area contributed by atoms with Crippen molar-refractivity contribution in [1.29, 1.82) is 0 Å². The number of carboxylic acid groups (broad SMARTS) is 1. The van der Waals surface area contributed by atoms with Gasteiger partial charge in [0.05, 0.1) is 6.42 Å². The van der Waals surface area contributed by atoms with Crippen LogP contribution in [0.25, 0.3) is 10.9 Å². The highest BCUT2D eigenvalue weighted by atomic mass is 16.4. The number of hydrogen-bond acceptors (Lipinski definition) is 2. The number of aromatic amines is 1. The first kappa shape index (κ1) is 13.1. The standard InChI is InChI=1S/C14H16N2O3/c17-13(5-6-14(18)19)15-8-7-10-9-16-12-4-2-1-3-11(10)12/h1-4,9,16H,5-8H2,(H,15,17)(H,18,19). The molecule has 0 unspecified atom stereocenters. The third-order valence-corrected chi connectivity index (χ3v) is 2.96. The molecular formula is C14H16N2O3. The van der Waals surface area contributed by atoms with Crippen molar-refractivity contribution in [2.45, 2.75) is 19.3 Å². The molecule has 2 aromatic rings. The normalized spacial score (nSPS) is 10.5. The molecule has 0 aliphatic carbocycles. The zero-order valence-electron chi connectivity index (χ0n) is 10.5. The lowest BCUT2D eigenvalue weighted by atomic mass is 10.1. The zero-order chi connectivity index (χ0) is 13.7. The van der Waals surface area contributed by atoms with E-state index in [2.05, 4.69) is 10.3 Å². The molecule has 0 radical (unpaired) electrons. The first-order chi connectivity index (χ1) is 9.16. The van der Waals surface area contributed by atoms with E-state index in [9.17, 15) is 9.59 Å². The van der Waals surface area contributed by atoms with Crippen molar-refractivity contribution in [1.82, 2.24) is 10.3 Å². The van der Waals surface area contributed by atoms with Gasteiger partial charge in [0.2, 0.25) is 5.91 Å². The van der Waals surface area contributed by atoms with Crippen molar-refractivity contribution in [3.63, 3.8) is 0 Å². The first-order valence-electron chi connectivity index (χ1n) is 6.20. The van der Waals surface area contributed by atoms with Crippen molar-refractivity contribution in [3.8, 4) is 0 Å². The predicted molar refractivity (Wildman–Crippen MR) is 71.9 cm³/mol. The van der Waals surface area contributed by atoms with E-state index in [0.29, 0.717) is 6.54 Å². The van der Waals surface area contributed by atoms with Crippen LogP contribution in [-0.4, -0.2) is 28.5 Å². The van der Waals surface area contributed by atoms with E-state index < -0.39 is 5.97 Å². The van der Waals surface area contributed by atoms with Gasteiger partial charge in [0, 0.05) is 30.1 Å². The Morgan fingerprint density at radius 3 is 2.79 bits per heavy atom. The maximum Gasteiger partial charge on any atom is 0.303 e. The molecule has 0 aliphatic rings. The molecule has 0 spiro atoms. The molecule has 5 heteroatoms. The summed E-state index contributed by atoms with van der Waals surface area (Å²) in [5.74, 6) is -1.17. The fourth-order valence-corrected chi connectivity index (χ4v) is 1.98. The van der Waals surface area contributed by atoms with Gasteiger partial charge in [-0.3, -0.25) is 9.59 Å². The van der Waals surface area contributed by atoms with Gasteiger partial charge in [-0.05, 0) is 18.1 Å². The Morgan fingerprint density at radius 2 is 2.00 bits per heavy atom. The van der Waals surface area contributed by atoms with Crippen LogP contribution in [-0.2, 0) is 16.0 Å². The molecule has 0 fully saturated rings. The molecule has 1 amide bonds. The van der Waals surface area contributed by atoms with Gasteiger partial charge in [-0.15, -0.1) is 0 Å². The molecule has 0 aliphatic heterocycles. The lowest BCUT2D eigenvalue weighted by Crippen LogP contribution is -2.25. The largest absolute Gasteiger partial charge is 0.481 e. The van der Waals surface area contributed by atoms with Crippen LogP contribution in [0.15, 0.2) is 30.5 Å². The summed E-state index contributed by atoms with van der Waals surface area (Å²) in [5, 5.41) is 12.4. The minimum absolute atomic E-state index is 0.0310. The number of aromatic nitrogens is 1.